The van der Waals surface area contributed by atoms with E-state index in [4.69, 9.17) is 16.5 Å². The summed E-state index contributed by atoms with van der Waals surface area (Å²) in [7, 11) is -2.01. The van der Waals surface area contributed by atoms with Crippen LogP contribution in [0.4, 0.5) is 0 Å². The van der Waals surface area contributed by atoms with Gasteiger partial charge in [0.15, 0.2) is 6.16 Å². The zero-order valence-electron chi connectivity index (χ0n) is 6.40. The lowest BCUT2D eigenvalue weighted by molar-refractivity contribution is 0.502. The molecule has 1 N–H and O–H groups in total. The Balaban J connectivity index is 2.53. The third-order valence-electron chi connectivity index (χ3n) is 1.51. The molecule has 1 aromatic carbocycles. The highest BCUT2D eigenvalue weighted by Crippen LogP contribution is 2.16. The molecule has 1 unspecified atom stereocenters. The number of halogens is 1. The summed E-state index contributed by atoms with van der Waals surface area (Å²) in [6, 6.07) is 7.28. The fraction of sp³-hybridized carbons (Fsp3) is 0.250. The van der Waals surface area contributed by atoms with E-state index < -0.39 is 8.03 Å². The third-order valence-corrected chi connectivity index (χ3v) is 2.36. The molecule has 0 aliphatic rings. The molecule has 0 amide bonds. The van der Waals surface area contributed by atoms with Crippen LogP contribution in [0, 0.1) is 0 Å². The fourth-order valence-electron chi connectivity index (χ4n) is 0.876. The molecule has 0 spiro atoms. The minimum atomic E-state index is -2.01. The van der Waals surface area contributed by atoms with Crippen molar-refractivity contribution in [3.8, 4) is 0 Å². The van der Waals surface area contributed by atoms with Gasteiger partial charge < -0.3 is 0 Å². The normalized spacial score (nSPS) is 11.3. The number of benzene rings is 1. The van der Waals surface area contributed by atoms with Crippen molar-refractivity contribution < 1.29 is 9.46 Å². The molecule has 12 heavy (non-hydrogen) atoms. The summed E-state index contributed by atoms with van der Waals surface area (Å²) in [5.41, 5.74) is 1.04. The fourth-order valence-corrected chi connectivity index (χ4v) is 1.45. The molecule has 0 aliphatic carbocycles. The van der Waals surface area contributed by atoms with Gasteiger partial charge in [0.05, 0.1) is 0 Å². The molecule has 64 valence electrons. The van der Waals surface area contributed by atoms with Crippen LogP contribution in [0.1, 0.15) is 5.56 Å². The predicted octanol–water partition coefficient (Wildman–Crippen LogP) is 2.62. The first-order chi connectivity index (χ1) is 5.68. The zero-order chi connectivity index (χ0) is 8.97. The summed E-state index contributed by atoms with van der Waals surface area (Å²) < 4.78 is 10.4. The van der Waals surface area contributed by atoms with E-state index in [1.807, 2.05) is 12.1 Å². The van der Waals surface area contributed by atoms with Crippen LogP contribution in [0.2, 0.25) is 5.02 Å². The molecular weight excluding hydrogens is 195 g/mol. The lowest BCUT2D eigenvalue weighted by Gasteiger charge is -1.94. The average Bonchev–Trinajstić information content (AvgIpc) is 2.03. The summed E-state index contributed by atoms with van der Waals surface area (Å²) in [5.74, 6) is 0. The topological polar surface area (TPSA) is 37.3 Å². The molecule has 0 radical (unpaired) electrons. The summed E-state index contributed by atoms with van der Waals surface area (Å²) >= 11 is 5.67. The Bertz CT molecular complexity index is 271. The van der Waals surface area contributed by atoms with Crippen LogP contribution >= 0.6 is 19.6 Å². The van der Waals surface area contributed by atoms with E-state index in [-0.39, 0.29) is 0 Å². The Morgan fingerprint density at radius 2 is 1.92 bits per heavy atom. The lowest BCUT2D eigenvalue weighted by Crippen LogP contribution is -1.86. The SMILES string of the molecule is O=[P+](O)CCc1ccc(Cl)cc1. The molecule has 0 bridgehead atoms. The highest BCUT2D eigenvalue weighted by atomic mass is 35.5. The van der Waals surface area contributed by atoms with Crippen molar-refractivity contribution in [1.82, 2.24) is 0 Å². The van der Waals surface area contributed by atoms with Crippen LogP contribution in [0.15, 0.2) is 24.3 Å². The summed E-state index contributed by atoms with van der Waals surface area (Å²) in [6.45, 7) is 0. The molecule has 0 aliphatic heterocycles. The summed E-state index contributed by atoms with van der Waals surface area (Å²) in [6.07, 6.45) is 0.944. The molecule has 1 rings (SSSR count). The van der Waals surface area contributed by atoms with Crippen LogP contribution in [-0.2, 0) is 11.0 Å². The molecule has 1 atom stereocenters. The average molecular weight is 204 g/mol. The monoisotopic (exact) mass is 203 g/mol. The van der Waals surface area contributed by atoms with Gasteiger partial charge in [-0.05, 0) is 22.3 Å². The molecule has 0 fully saturated rings. The van der Waals surface area contributed by atoms with Gasteiger partial charge in [-0.2, -0.15) is 4.89 Å². The smallest absolute Gasteiger partial charge is 0.161 e. The van der Waals surface area contributed by atoms with E-state index in [2.05, 4.69) is 0 Å². The van der Waals surface area contributed by atoms with Crippen molar-refractivity contribution in [2.45, 2.75) is 6.42 Å². The molecule has 1 aromatic rings. The van der Waals surface area contributed by atoms with Crippen molar-refractivity contribution in [2.24, 2.45) is 0 Å². The van der Waals surface area contributed by atoms with Gasteiger partial charge in [0, 0.05) is 11.4 Å². The zero-order valence-corrected chi connectivity index (χ0v) is 8.05. The van der Waals surface area contributed by atoms with Crippen molar-refractivity contribution in [3.63, 3.8) is 0 Å². The molecular formula is C8H9ClO2P+. The Morgan fingerprint density at radius 3 is 2.42 bits per heavy atom. The van der Waals surface area contributed by atoms with Crippen molar-refractivity contribution >= 4 is 19.6 Å². The maximum absolute atomic E-state index is 10.4. The van der Waals surface area contributed by atoms with Crippen LogP contribution in [-0.4, -0.2) is 11.1 Å². The van der Waals surface area contributed by atoms with Gasteiger partial charge >= 0.3 is 8.03 Å². The Hall–Kier alpha value is -0.430. The minimum Gasteiger partial charge on any atom is -0.161 e. The highest BCUT2D eigenvalue weighted by molar-refractivity contribution is 7.37. The van der Waals surface area contributed by atoms with Gasteiger partial charge in [-0.1, -0.05) is 23.7 Å². The maximum atomic E-state index is 10.4. The van der Waals surface area contributed by atoms with E-state index in [9.17, 15) is 4.57 Å². The van der Waals surface area contributed by atoms with Crippen LogP contribution in [0.25, 0.3) is 0 Å². The largest absolute Gasteiger partial charge is 0.505 e. The third kappa shape index (κ3) is 3.31. The predicted molar refractivity (Wildman–Crippen MR) is 49.8 cm³/mol. The number of aryl methyl sites for hydroxylation is 1. The van der Waals surface area contributed by atoms with E-state index >= 15 is 0 Å². The van der Waals surface area contributed by atoms with Gasteiger partial charge in [0.1, 0.15) is 0 Å². The second kappa shape index (κ2) is 4.56. The molecule has 2 nitrogen and oxygen atoms in total. The molecule has 0 saturated carbocycles. The molecule has 0 saturated heterocycles. The van der Waals surface area contributed by atoms with Gasteiger partial charge in [-0.3, -0.25) is 0 Å². The first-order valence-electron chi connectivity index (χ1n) is 3.56. The van der Waals surface area contributed by atoms with Crippen LogP contribution in [0.5, 0.6) is 0 Å². The minimum absolute atomic E-state index is 0.316. The van der Waals surface area contributed by atoms with E-state index in [1.165, 1.54) is 0 Å². The van der Waals surface area contributed by atoms with Crippen molar-refractivity contribution in [1.29, 1.82) is 0 Å². The second-order valence-electron chi connectivity index (χ2n) is 2.45. The van der Waals surface area contributed by atoms with E-state index in [0.29, 0.717) is 17.6 Å². The highest BCUT2D eigenvalue weighted by Gasteiger charge is 2.08. The van der Waals surface area contributed by atoms with Crippen LogP contribution < -0.4 is 0 Å². The van der Waals surface area contributed by atoms with Crippen molar-refractivity contribution in [3.05, 3.63) is 34.9 Å². The maximum Gasteiger partial charge on any atom is 0.505 e. The van der Waals surface area contributed by atoms with Gasteiger partial charge in [-0.15, -0.1) is 0 Å². The number of hydrogen-bond acceptors (Lipinski definition) is 1. The Kier molecular flexibility index (Phi) is 3.67. The van der Waals surface area contributed by atoms with Crippen LogP contribution in [0.3, 0.4) is 0 Å². The quantitative estimate of drug-likeness (QED) is 0.767. The number of rotatable bonds is 3. The Morgan fingerprint density at radius 1 is 1.33 bits per heavy atom. The van der Waals surface area contributed by atoms with Gasteiger partial charge in [0.25, 0.3) is 0 Å². The standard InChI is InChI=1S/C8H8ClO2P/c9-8-3-1-7(2-4-8)5-6-12(10)11/h1-4H,5-6H2/p+1. The number of hydrogen-bond donors (Lipinski definition) is 1. The summed E-state index contributed by atoms with van der Waals surface area (Å²) in [5, 5.41) is 0.687. The van der Waals surface area contributed by atoms with Gasteiger partial charge in [-0.25, -0.2) is 0 Å². The van der Waals surface area contributed by atoms with Crippen molar-refractivity contribution in [2.75, 3.05) is 6.16 Å². The second-order valence-corrected chi connectivity index (χ2v) is 4.04. The molecule has 4 heteroatoms. The molecule has 0 aromatic heterocycles. The van der Waals surface area contributed by atoms with E-state index in [1.54, 1.807) is 12.1 Å². The van der Waals surface area contributed by atoms with Gasteiger partial charge in [0.2, 0.25) is 0 Å². The Labute approximate surface area is 77.1 Å². The molecule has 0 heterocycles. The van der Waals surface area contributed by atoms with E-state index in [0.717, 1.165) is 5.56 Å². The summed E-state index contributed by atoms with van der Waals surface area (Å²) in [4.78, 5) is 8.55. The first-order valence-corrected chi connectivity index (χ1v) is 5.34. The first kappa shape index (κ1) is 9.66. The lowest BCUT2D eigenvalue weighted by atomic mass is 10.2.